The summed E-state index contributed by atoms with van der Waals surface area (Å²) in [6.45, 7) is 3.38. The summed E-state index contributed by atoms with van der Waals surface area (Å²) in [4.78, 5) is 48.4. The van der Waals surface area contributed by atoms with Crippen LogP contribution in [0.1, 0.15) is 52.2 Å². The van der Waals surface area contributed by atoms with E-state index in [2.05, 4.69) is 21.4 Å². The topological polar surface area (TPSA) is 88.1 Å². The van der Waals surface area contributed by atoms with Gasteiger partial charge in [-0.3, -0.25) is 19.1 Å². The minimum Gasteiger partial charge on any atom is -0.334 e. The van der Waals surface area contributed by atoms with Gasteiger partial charge in [-0.05, 0) is 49.3 Å². The van der Waals surface area contributed by atoms with E-state index < -0.39 is 11.2 Å². The quantitative estimate of drug-likeness (QED) is 0.735. The first-order valence-electron chi connectivity index (χ1n) is 9.59. The highest BCUT2D eigenvalue weighted by atomic mass is 32.1. The molecular weight excluding hydrogens is 376 g/mol. The molecule has 0 spiro atoms. The van der Waals surface area contributed by atoms with E-state index in [-0.39, 0.29) is 11.3 Å². The molecule has 1 amide bonds. The maximum absolute atomic E-state index is 13.4. The van der Waals surface area contributed by atoms with Crippen LogP contribution in [0, 0.1) is 0 Å². The molecule has 7 nitrogen and oxygen atoms in total. The highest BCUT2D eigenvalue weighted by Crippen LogP contribution is 2.40. The molecule has 5 rings (SSSR count). The molecule has 0 saturated heterocycles. The van der Waals surface area contributed by atoms with Gasteiger partial charge in [0.2, 0.25) is 0 Å². The normalized spacial score (nSPS) is 16.4. The number of nitrogens with one attached hydrogen (secondary N) is 1. The number of nitrogens with zero attached hydrogens (tertiary/aromatic N) is 3. The number of aromatic nitrogens is 3. The van der Waals surface area contributed by atoms with Crippen molar-refractivity contribution < 1.29 is 4.79 Å². The zero-order chi connectivity index (χ0) is 19.4. The van der Waals surface area contributed by atoms with E-state index in [0.717, 1.165) is 25.0 Å². The lowest BCUT2D eigenvalue weighted by Crippen LogP contribution is -2.37. The van der Waals surface area contributed by atoms with Gasteiger partial charge < -0.3 is 4.90 Å². The minimum absolute atomic E-state index is 0.169. The van der Waals surface area contributed by atoms with Gasteiger partial charge in [-0.25, -0.2) is 9.78 Å². The van der Waals surface area contributed by atoms with E-state index in [4.69, 9.17) is 0 Å². The summed E-state index contributed by atoms with van der Waals surface area (Å²) in [7, 11) is 0. The van der Waals surface area contributed by atoms with Crippen molar-refractivity contribution in [2.45, 2.75) is 45.2 Å². The number of aromatic amines is 1. The van der Waals surface area contributed by atoms with Crippen molar-refractivity contribution in [3.8, 4) is 0 Å². The number of carbonyl (C=O) groups excluding carboxylic acids is 1. The molecule has 8 heteroatoms. The molecule has 1 aliphatic carbocycles. The lowest BCUT2D eigenvalue weighted by molar-refractivity contribution is 0.0737. The van der Waals surface area contributed by atoms with Crippen LogP contribution >= 0.6 is 11.3 Å². The molecule has 28 heavy (non-hydrogen) atoms. The SMILES string of the molecule is CCn1c(=O)[nH]c(=O)c2c(C(=O)N3CCc4sccc4C3)cc(C3CC3)nc21. The van der Waals surface area contributed by atoms with E-state index in [0.29, 0.717) is 36.8 Å². The van der Waals surface area contributed by atoms with E-state index in [9.17, 15) is 14.4 Å². The van der Waals surface area contributed by atoms with Crippen LogP contribution in [0.15, 0.2) is 27.1 Å². The van der Waals surface area contributed by atoms with Gasteiger partial charge in [-0.1, -0.05) is 0 Å². The molecule has 3 aromatic rings. The molecule has 0 unspecified atom stereocenters. The minimum atomic E-state index is -0.545. The monoisotopic (exact) mass is 396 g/mol. The first kappa shape index (κ1) is 17.4. The van der Waals surface area contributed by atoms with Crippen molar-refractivity contribution in [3.63, 3.8) is 0 Å². The number of thiophene rings is 1. The van der Waals surface area contributed by atoms with Crippen LogP contribution in [0.25, 0.3) is 11.0 Å². The van der Waals surface area contributed by atoms with Gasteiger partial charge in [0.1, 0.15) is 0 Å². The van der Waals surface area contributed by atoms with Crippen molar-refractivity contribution in [1.82, 2.24) is 19.4 Å². The third-order valence-corrected chi connectivity index (χ3v) is 6.63. The molecule has 0 bridgehead atoms. The lowest BCUT2D eigenvalue weighted by atomic mass is 10.0. The number of amides is 1. The van der Waals surface area contributed by atoms with Crippen LogP contribution < -0.4 is 11.2 Å². The molecule has 2 aliphatic rings. The third kappa shape index (κ3) is 2.71. The fraction of sp³-hybridized carbons (Fsp3) is 0.400. The standard InChI is InChI=1S/C20H20N4O3S/c1-2-24-17-16(18(25)22-20(24)27)13(9-14(21-17)11-3-4-11)19(26)23-7-5-15-12(10-23)6-8-28-15/h6,8-9,11H,2-5,7,10H2,1H3,(H,22,25,27). The van der Waals surface area contributed by atoms with Crippen LogP contribution in [0.3, 0.4) is 0 Å². The molecule has 1 N–H and O–H groups in total. The van der Waals surface area contributed by atoms with Gasteiger partial charge >= 0.3 is 5.69 Å². The van der Waals surface area contributed by atoms with Gasteiger partial charge in [0.25, 0.3) is 11.5 Å². The van der Waals surface area contributed by atoms with Crippen molar-refractivity contribution in [1.29, 1.82) is 0 Å². The zero-order valence-electron chi connectivity index (χ0n) is 15.5. The first-order chi connectivity index (χ1) is 13.6. The summed E-state index contributed by atoms with van der Waals surface area (Å²) in [6, 6.07) is 3.83. The third-order valence-electron chi connectivity index (χ3n) is 5.61. The van der Waals surface area contributed by atoms with Crippen molar-refractivity contribution >= 4 is 28.3 Å². The highest BCUT2D eigenvalue weighted by molar-refractivity contribution is 7.10. The molecule has 144 valence electrons. The smallest absolute Gasteiger partial charge is 0.329 e. The Morgan fingerprint density at radius 1 is 1.36 bits per heavy atom. The Hall–Kier alpha value is -2.74. The average molecular weight is 396 g/mol. The Morgan fingerprint density at radius 2 is 2.18 bits per heavy atom. The molecule has 4 heterocycles. The number of aryl methyl sites for hydroxylation is 1. The Kier molecular flexibility index (Phi) is 3.97. The summed E-state index contributed by atoms with van der Waals surface area (Å²) >= 11 is 1.72. The molecule has 0 atom stereocenters. The van der Waals surface area contributed by atoms with Crippen molar-refractivity contribution in [3.05, 3.63) is 60.0 Å². The summed E-state index contributed by atoms with van der Waals surface area (Å²) in [5, 5.41) is 2.27. The number of fused-ring (bicyclic) bond motifs is 2. The predicted molar refractivity (Wildman–Crippen MR) is 107 cm³/mol. The van der Waals surface area contributed by atoms with Crippen LogP contribution in [0.2, 0.25) is 0 Å². The summed E-state index contributed by atoms with van der Waals surface area (Å²) < 4.78 is 1.44. The van der Waals surface area contributed by atoms with Gasteiger partial charge in [0.05, 0.1) is 10.9 Å². The van der Waals surface area contributed by atoms with E-state index in [1.807, 2.05) is 6.92 Å². The van der Waals surface area contributed by atoms with Crippen LogP contribution in [0.5, 0.6) is 0 Å². The summed E-state index contributed by atoms with van der Waals surface area (Å²) in [5.74, 6) is 0.137. The largest absolute Gasteiger partial charge is 0.334 e. The number of hydrogen-bond acceptors (Lipinski definition) is 5. The first-order valence-corrected chi connectivity index (χ1v) is 10.5. The van der Waals surface area contributed by atoms with Gasteiger partial charge in [-0.2, -0.15) is 0 Å². The molecule has 3 aromatic heterocycles. The fourth-order valence-electron chi connectivity index (χ4n) is 3.94. The maximum Gasteiger partial charge on any atom is 0.329 e. The molecule has 1 saturated carbocycles. The molecule has 0 aromatic carbocycles. The number of H-pyrrole nitrogens is 1. The predicted octanol–water partition coefficient (Wildman–Crippen LogP) is 2.24. The second-order valence-corrected chi connectivity index (χ2v) is 8.42. The fourth-order valence-corrected chi connectivity index (χ4v) is 4.83. The second-order valence-electron chi connectivity index (χ2n) is 7.42. The molecule has 0 radical (unpaired) electrons. The van der Waals surface area contributed by atoms with E-state index >= 15 is 0 Å². The van der Waals surface area contributed by atoms with Crippen LogP contribution in [-0.4, -0.2) is 31.9 Å². The van der Waals surface area contributed by atoms with Gasteiger partial charge in [0, 0.05) is 36.1 Å². The molecular formula is C20H20N4O3S. The number of pyridine rings is 1. The van der Waals surface area contributed by atoms with Crippen LogP contribution in [-0.2, 0) is 19.5 Å². The van der Waals surface area contributed by atoms with Crippen molar-refractivity contribution in [2.24, 2.45) is 0 Å². The van der Waals surface area contributed by atoms with Gasteiger partial charge in [0.15, 0.2) is 5.65 Å². The Balaban J connectivity index is 1.69. The number of hydrogen-bond donors (Lipinski definition) is 1. The lowest BCUT2D eigenvalue weighted by Gasteiger charge is -2.27. The van der Waals surface area contributed by atoms with E-state index in [1.54, 1.807) is 22.3 Å². The van der Waals surface area contributed by atoms with E-state index in [1.165, 1.54) is 15.0 Å². The summed E-state index contributed by atoms with van der Waals surface area (Å²) in [6.07, 6.45) is 2.87. The summed E-state index contributed by atoms with van der Waals surface area (Å²) in [5.41, 5.74) is 1.61. The Morgan fingerprint density at radius 3 is 2.93 bits per heavy atom. The van der Waals surface area contributed by atoms with Crippen molar-refractivity contribution in [2.75, 3.05) is 6.54 Å². The Labute approximate surface area is 164 Å². The number of carbonyl (C=O) groups is 1. The zero-order valence-corrected chi connectivity index (χ0v) is 16.3. The van der Waals surface area contributed by atoms with Crippen LogP contribution in [0.4, 0.5) is 0 Å². The Bertz CT molecular complexity index is 1220. The number of rotatable bonds is 3. The molecule has 1 fully saturated rings. The average Bonchev–Trinajstić information content (AvgIpc) is 3.44. The maximum atomic E-state index is 13.4. The van der Waals surface area contributed by atoms with Gasteiger partial charge in [-0.15, -0.1) is 11.3 Å². The second kappa shape index (κ2) is 6.41. The highest BCUT2D eigenvalue weighted by Gasteiger charge is 2.30. The molecule has 1 aliphatic heterocycles.